The van der Waals surface area contributed by atoms with E-state index in [-0.39, 0.29) is 0 Å². The van der Waals surface area contributed by atoms with Crippen LogP contribution in [0.4, 0.5) is 0 Å². The Hall–Kier alpha value is -0.410. The van der Waals surface area contributed by atoms with Gasteiger partial charge in [0.05, 0.1) is 0 Å². The van der Waals surface area contributed by atoms with Crippen molar-refractivity contribution in [2.75, 3.05) is 7.05 Å². The molecule has 0 radical (unpaired) electrons. The molecule has 3 heteroatoms. The zero-order chi connectivity index (χ0) is 9.40. The second kappa shape index (κ2) is 7.25. The number of allylic oxidation sites excluding steroid dienone is 1. The summed E-state index contributed by atoms with van der Waals surface area (Å²) in [7, 11) is 1.78. The summed E-state index contributed by atoms with van der Waals surface area (Å²) in [5.74, 6) is 0. The fourth-order valence-corrected chi connectivity index (χ4v) is 1.93. The molecule has 66 valence electrons. The van der Waals surface area contributed by atoms with Crippen LogP contribution in [-0.2, 0) is 0 Å². The smallest absolute Gasteiger partial charge is 0.108 e. The summed E-state index contributed by atoms with van der Waals surface area (Å²) >= 11 is 3.10. The molecular weight excluding hydrogens is 186 g/mol. The Labute approximate surface area is 82.7 Å². The Morgan fingerprint density at radius 1 is 1.25 bits per heavy atom. The molecule has 12 heavy (non-hydrogen) atoms. The molecule has 0 N–H and O–H groups in total. The quantitative estimate of drug-likeness (QED) is 0.506. The molecular formula is C9H13NS2. The fourth-order valence-electron chi connectivity index (χ4n) is 0.632. The van der Waals surface area contributed by atoms with Crippen LogP contribution in [0.15, 0.2) is 39.9 Å². The number of nitrogens with zero attached hydrogens (tertiary/aromatic N) is 1. The van der Waals surface area contributed by atoms with E-state index in [9.17, 15) is 0 Å². The van der Waals surface area contributed by atoms with E-state index in [2.05, 4.69) is 18.2 Å². The van der Waals surface area contributed by atoms with Crippen molar-refractivity contribution in [2.45, 2.75) is 6.92 Å². The summed E-state index contributed by atoms with van der Waals surface area (Å²) in [6.07, 6.45) is 2.02. The van der Waals surface area contributed by atoms with Gasteiger partial charge in [-0.25, -0.2) is 0 Å². The Morgan fingerprint density at radius 2 is 1.83 bits per heavy atom. The van der Waals surface area contributed by atoms with Crippen LogP contribution in [0.1, 0.15) is 6.92 Å². The lowest BCUT2D eigenvalue weighted by Gasteiger charge is -2.03. The van der Waals surface area contributed by atoms with E-state index >= 15 is 0 Å². The summed E-state index contributed by atoms with van der Waals surface area (Å²) in [5.41, 5.74) is 0. The highest BCUT2D eigenvalue weighted by atomic mass is 32.2. The average Bonchev–Trinajstić information content (AvgIpc) is 2.11. The van der Waals surface area contributed by atoms with Gasteiger partial charge in [0.2, 0.25) is 0 Å². The van der Waals surface area contributed by atoms with Gasteiger partial charge in [0.1, 0.15) is 5.04 Å². The molecule has 0 aromatic rings. The third-order valence-electron chi connectivity index (χ3n) is 1.08. The Kier molecular flexibility index (Phi) is 7.00. The van der Waals surface area contributed by atoms with Crippen LogP contribution in [0.2, 0.25) is 0 Å². The van der Waals surface area contributed by atoms with E-state index in [1.54, 1.807) is 29.6 Å². The van der Waals surface area contributed by atoms with Crippen LogP contribution in [0.3, 0.4) is 0 Å². The van der Waals surface area contributed by atoms with Crippen molar-refractivity contribution in [3.63, 3.8) is 0 Å². The van der Waals surface area contributed by atoms with Crippen molar-refractivity contribution >= 4 is 28.6 Å². The van der Waals surface area contributed by atoms with E-state index in [0.29, 0.717) is 0 Å². The van der Waals surface area contributed by atoms with E-state index < -0.39 is 0 Å². The zero-order valence-electron chi connectivity index (χ0n) is 7.41. The van der Waals surface area contributed by atoms with Gasteiger partial charge >= 0.3 is 0 Å². The molecule has 0 fully saturated rings. The van der Waals surface area contributed by atoms with E-state index in [1.807, 2.05) is 13.0 Å². The van der Waals surface area contributed by atoms with E-state index in [0.717, 1.165) is 9.95 Å². The van der Waals surface area contributed by atoms with Gasteiger partial charge in [-0.2, -0.15) is 0 Å². The standard InChI is InChI=1S/C9H13NS2/c1-5-8(11-6-2)9(10-4)12-7-3/h5-7H,2-3H2,1,4H3/b8-5-,10-9-. The first kappa shape index (κ1) is 11.6. The van der Waals surface area contributed by atoms with Gasteiger partial charge < -0.3 is 0 Å². The molecule has 0 unspecified atom stereocenters. The monoisotopic (exact) mass is 199 g/mol. The Bertz CT molecular complexity index is 193. The second-order valence-electron chi connectivity index (χ2n) is 1.75. The zero-order valence-corrected chi connectivity index (χ0v) is 9.04. The molecule has 1 nitrogen and oxygen atoms in total. The highest BCUT2D eigenvalue weighted by Crippen LogP contribution is 2.24. The first-order valence-corrected chi connectivity index (χ1v) is 5.24. The topological polar surface area (TPSA) is 12.4 Å². The highest BCUT2D eigenvalue weighted by Gasteiger charge is 2.02. The number of aliphatic imine (C=N–C) groups is 1. The van der Waals surface area contributed by atoms with Crippen molar-refractivity contribution in [3.8, 4) is 0 Å². The van der Waals surface area contributed by atoms with Crippen molar-refractivity contribution in [1.29, 1.82) is 0 Å². The minimum atomic E-state index is 0.984. The van der Waals surface area contributed by atoms with Crippen LogP contribution in [0.25, 0.3) is 0 Å². The lowest BCUT2D eigenvalue weighted by atomic mass is 10.5. The minimum Gasteiger partial charge on any atom is -0.280 e. The maximum Gasteiger partial charge on any atom is 0.108 e. The van der Waals surface area contributed by atoms with Gasteiger partial charge in [0, 0.05) is 12.0 Å². The van der Waals surface area contributed by atoms with Crippen LogP contribution in [0.5, 0.6) is 0 Å². The van der Waals surface area contributed by atoms with E-state index in [1.165, 1.54) is 11.8 Å². The van der Waals surface area contributed by atoms with Gasteiger partial charge in [0.15, 0.2) is 0 Å². The van der Waals surface area contributed by atoms with Gasteiger partial charge in [-0.3, -0.25) is 4.99 Å². The molecule has 0 rings (SSSR count). The number of thioether (sulfide) groups is 2. The first-order valence-electron chi connectivity index (χ1n) is 3.48. The summed E-state index contributed by atoms with van der Waals surface area (Å²) in [4.78, 5) is 5.26. The highest BCUT2D eigenvalue weighted by molar-refractivity contribution is 8.20. The van der Waals surface area contributed by atoms with Crippen molar-refractivity contribution in [3.05, 3.63) is 35.0 Å². The van der Waals surface area contributed by atoms with Crippen molar-refractivity contribution in [1.82, 2.24) is 0 Å². The van der Waals surface area contributed by atoms with Crippen molar-refractivity contribution in [2.24, 2.45) is 4.99 Å². The minimum absolute atomic E-state index is 0.984. The largest absolute Gasteiger partial charge is 0.280 e. The van der Waals surface area contributed by atoms with Crippen molar-refractivity contribution < 1.29 is 0 Å². The Morgan fingerprint density at radius 3 is 2.17 bits per heavy atom. The van der Waals surface area contributed by atoms with Gasteiger partial charge in [0.25, 0.3) is 0 Å². The predicted molar refractivity (Wildman–Crippen MR) is 62.7 cm³/mol. The van der Waals surface area contributed by atoms with Crippen LogP contribution >= 0.6 is 23.5 Å². The second-order valence-corrected chi connectivity index (χ2v) is 3.72. The van der Waals surface area contributed by atoms with Gasteiger partial charge in [-0.05, 0) is 17.7 Å². The molecule has 0 aromatic heterocycles. The first-order chi connectivity index (χ1) is 5.79. The SMILES string of the molecule is C=CSC(=C\C)/C(=N/C)SC=C. The molecule has 0 aromatic carbocycles. The molecule has 0 heterocycles. The predicted octanol–water partition coefficient (Wildman–Crippen LogP) is 3.67. The molecule has 0 saturated carbocycles. The molecule has 0 spiro atoms. The van der Waals surface area contributed by atoms with Gasteiger partial charge in [-0.1, -0.05) is 42.8 Å². The maximum atomic E-state index is 4.14. The fraction of sp³-hybridized carbons (Fsp3) is 0.222. The maximum absolute atomic E-state index is 4.14. The molecule has 0 aliphatic heterocycles. The summed E-state index contributed by atoms with van der Waals surface area (Å²) in [5, 5.41) is 4.55. The normalized spacial score (nSPS) is 12.8. The number of hydrogen-bond acceptors (Lipinski definition) is 3. The summed E-state index contributed by atoms with van der Waals surface area (Å²) in [6, 6.07) is 0. The van der Waals surface area contributed by atoms with Crippen LogP contribution in [-0.4, -0.2) is 12.1 Å². The molecule has 0 saturated heterocycles. The van der Waals surface area contributed by atoms with Gasteiger partial charge in [-0.15, -0.1) is 0 Å². The number of hydrogen-bond donors (Lipinski definition) is 0. The molecule has 0 bridgehead atoms. The molecule has 0 amide bonds. The third-order valence-corrected chi connectivity index (χ3v) is 2.85. The average molecular weight is 199 g/mol. The molecule has 0 aliphatic carbocycles. The lowest BCUT2D eigenvalue weighted by molar-refractivity contribution is 1.46. The molecule has 0 aliphatic rings. The number of rotatable bonds is 4. The van der Waals surface area contributed by atoms with Crippen LogP contribution in [0, 0.1) is 0 Å². The Balaban J connectivity index is 4.46. The summed E-state index contributed by atoms with van der Waals surface area (Å²) in [6.45, 7) is 9.29. The lowest BCUT2D eigenvalue weighted by Crippen LogP contribution is -1.91. The summed E-state index contributed by atoms with van der Waals surface area (Å²) < 4.78 is 0. The third kappa shape index (κ3) is 3.83. The van der Waals surface area contributed by atoms with Crippen LogP contribution < -0.4 is 0 Å². The van der Waals surface area contributed by atoms with E-state index in [4.69, 9.17) is 0 Å². The molecule has 0 atom stereocenters.